The maximum absolute atomic E-state index is 11.7. The summed E-state index contributed by atoms with van der Waals surface area (Å²) in [4.78, 5) is 22.6. The van der Waals surface area contributed by atoms with E-state index in [0.717, 1.165) is 22.1 Å². The van der Waals surface area contributed by atoms with E-state index in [2.05, 4.69) is 10.1 Å². The average Bonchev–Trinajstić information content (AvgIpc) is 2.78. The first-order chi connectivity index (χ1) is 9.10. The molecule has 1 aromatic heterocycles. The van der Waals surface area contributed by atoms with Crippen LogP contribution in [0.4, 0.5) is 0 Å². The van der Waals surface area contributed by atoms with Gasteiger partial charge in [0.05, 0.1) is 19.8 Å². The number of rotatable bonds is 4. The van der Waals surface area contributed by atoms with E-state index in [1.165, 1.54) is 7.11 Å². The molecule has 1 aromatic carbocycles. The number of carbonyl (C=O) groups is 2. The van der Waals surface area contributed by atoms with Gasteiger partial charge < -0.3 is 14.5 Å². The highest BCUT2D eigenvalue weighted by Gasteiger charge is 2.11. The molecule has 1 N–H and O–H groups in total. The van der Waals surface area contributed by atoms with Crippen molar-refractivity contribution in [3.05, 3.63) is 35.6 Å². The van der Waals surface area contributed by atoms with Crippen LogP contribution in [0.5, 0.6) is 0 Å². The summed E-state index contributed by atoms with van der Waals surface area (Å²) >= 11 is 0. The summed E-state index contributed by atoms with van der Waals surface area (Å²) in [6.07, 6.45) is 1.74. The number of esters is 1. The molecule has 0 aliphatic carbocycles. The Balaban J connectivity index is 2.05. The predicted molar refractivity (Wildman–Crippen MR) is 69.7 cm³/mol. The molecule has 0 aliphatic heterocycles. The van der Waals surface area contributed by atoms with Gasteiger partial charge in [0, 0.05) is 10.9 Å². The SMILES string of the molecule is COC(=O)CNC(=O)Cc1coc2cc(C)ccc12. The van der Waals surface area contributed by atoms with Gasteiger partial charge in [0.25, 0.3) is 0 Å². The van der Waals surface area contributed by atoms with E-state index >= 15 is 0 Å². The zero-order valence-electron chi connectivity index (χ0n) is 10.9. The van der Waals surface area contributed by atoms with E-state index in [-0.39, 0.29) is 18.9 Å². The fourth-order valence-corrected chi connectivity index (χ4v) is 1.81. The van der Waals surface area contributed by atoms with Crippen LogP contribution >= 0.6 is 0 Å². The molecular weight excluding hydrogens is 246 g/mol. The van der Waals surface area contributed by atoms with Crippen molar-refractivity contribution in [2.45, 2.75) is 13.3 Å². The van der Waals surface area contributed by atoms with Crippen molar-refractivity contribution < 1.29 is 18.7 Å². The second-order valence-corrected chi connectivity index (χ2v) is 4.29. The first-order valence-corrected chi connectivity index (χ1v) is 5.90. The molecule has 1 heterocycles. The topological polar surface area (TPSA) is 68.5 Å². The molecule has 0 bridgehead atoms. The van der Waals surface area contributed by atoms with Gasteiger partial charge in [-0.3, -0.25) is 9.59 Å². The van der Waals surface area contributed by atoms with Gasteiger partial charge >= 0.3 is 5.97 Å². The third kappa shape index (κ3) is 3.13. The highest BCUT2D eigenvalue weighted by Crippen LogP contribution is 2.22. The fraction of sp³-hybridized carbons (Fsp3) is 0.286. The summed E-state index contributed by atoms with van der Waals surface area (Å²) in [6.45, 7) is 1.86. The summed E-state index contributed by atoms with van der Waals surface area (Å²) in [7, 11) is 1.28. The smallest absolute Gasteiger partial charge is 0.325 e. The predicted octanol–water partition coefficient (Wildman–Crippen LogP) is 1.57. The van der Waals surface area contributed by atoms with Crippen LogP contribution < -0.4 is 5.32 Å². The highest BCUT2D eigenvalue weighted by atomic mass is 16.5. The van der Waals surface area contributed by atoms with Crippen molar-refractivity contribution in [3.8, 4) is 0 Å². The van der Waals surface area contributed by atoms with Gasteiger partial charge in [-0.25, -0.2) is 0 Å². The monoisotopic (exact) mass is 261 g/mol. The Labute approximate surface area is 110 Å². The van der Waals surface area contributed by atoms with Crippen molar-refractivity contribution >= 4 is 22.8 Å². The number of fused-ring (bicyclic) bond motifs is 1. The molecule has 0 atom stereocenters. The number of methoxy groups -OCH3 is 1. The number of nitrogens with one attached hydrogen (secondary N) is 1. The summed E-state index contributed by atoms with van der Waals surface area (Å²) < 4.78 is 9.85. The van der Waals surface area contributed by atoms with Crippen LogP contribution in [0, 0.1) is 6.92 Å². The van der Waals surface area contributed by atoms with Crippen LogP contribution in [0.1, 0.15) is 11.1 Å². The molecule has 5 heteroatoms. The lowest BCUT2D eigenvalue weighted by molar-refractivity contribution is -0.141. The highest BCUT2D eigenvalue weighted by molar-refractivity contribution is 5.89. The number of hydrogen-bond acceptors (Lipinski definition) is 4. The van der Waals surface area contributed by atoms with Gasteiger partial charge in [-0.15, -0.1) is 0 Å². The van der Waals surface area contributed by atoms with Crippen LogP contribution in [-0.2, 0) is 20.7 Å². The van der Waals surface area contributed by atoms with Gasteiger partial charge in [-0.05, 0) is 18.6 Å². The molecule has 0 saturated heterocycles. The molecule has 5 nitrogen and oxygen atoms in total. The Kier molecular flexibility index (Phi) is 3.85. The van der Waals surface area contributed by atoms with Crippen LogP contribution in [-0.4, -0.2) is 25.5 Å². The Hall–Kier alpha value is -2.30. The molecule has 19 heavy (non-hydrogen) atoms. The third-order valence-electron chi connectivity index (χ3n) is 2.82. The lowest BCUT2D eigenvalue weighted by Crippen LogP contribution is -2.31. The van der Waals surface area contributed by atoms with Crippen molar-refractivity contribution in [1.82, 2.24) is 5.32 Å². The first kappa shape index (κ1) is 13.1. The second-order valence-electron chi connectivity index (χ2n) is 4.29. The zero-order chi connectivity index (χ0) is 13.8. The number of aryl methyl sites for hydroxylation is 1. The molecule has 2 aromatic rings. The molecule has 0 radical (unpaired) electrons. The zero-order valence-corrected chi connectivity index (χ0v) is 10.9. The molecule has 1 amide bonds. The minimum Gasteiger partial charge on any atom is -0.468 e. The quantitative estimate of drug-likeness (QED) is 0.848. The molecular formula is C14H15NO4. The van der Waals surface area contributed by atoms with E-state index in [1.807, 2.05) is 25.1 Å². The van der Waals surface area contributed by atoms with Gasteiger partial charge in [-0.1, -0.05) is 12.1 Å². The average molecular weight is 261 g/mol. The largest absolute Gasteiger partial charge is 0.468 e. The van der Waals surface area contributed by atoms with Gasteiger partial charge in [0.1, 0.15) is 12.1 Å². The number of ether oxygens (including phenoxy) is 1. The number of hydrogen-bond donors (Lipinski definition) is 1. The minimum atomic E-state index is -0.471. The standard InChI is InChI=1S/C14H15NO4/c1-9-3-4-11-10(8-19-12(11)5-9)6-13(16)15-7-14(17)18-2/h3-5,8H,6-7H2,1-2H3,(H,15,16). The van der Waals surface area contributed by atoms with Crippen molar-refractivity contribution in [1.29, 1.82) is 0 Å². The first-order valence-electron chi connectivity index (χ1n) is 5.90. The normalized spacial score (nSPS) is 10.4. The number of furan rings is 1. The molecule has 100 valence electrons. The Morgan fingerprint density at radius 3 is 2.89 bits per heavy atom. The third-order valence-corrected chi connectivity index (χ3v) is 2.82. The molecule has 0 saturated carbocycles. The van der Waals surface area contributed by atoms with Gasteiger partial charge in [-0.2, -0.15) is 0 Å². The van der Waals surface area contributed by atoms with Crippen molar-refractivity contribution in [2.75, 3.05) is 13.7 Å². The lowest BCUT2D eigenvalue weighted by atomic mass is 10.1. The van der Waals surface area contributed by atoms with Gasteiger partial charge in [0.15, 0.2) is 0 Å². The van der Waals surface area contributed by atoms with Crippen LogP contribution in [0.15, 0.2) is 28.9 Å². The molecule has 0 spiro atoms. The van der Waals surface area contributed by atoms with Crippen LogP contribution in [0.2, 0.25) is 0 Å². The van der Waals surface area contributed by atoms with Crippen molar-refractivity contribution in [3.63, 3.8) is 0 Å². The summed E-state index contributed by atoms with van der Waals surface area (Å²) in [5.74, 6) is -0.713. The van der Waals surface area contributed by atoms with E-state index in [0.29, 0.717) is 0 Å². The molecule has 0 fully saturated rings. The van der Waals surface area contributed by atoms with E-state index < -0.39 is 5.97 Å². The van der Waals surface area contributed by atoms with Gasteiger partial charge in [0.2, 0.25) is 5.91 Å². The lowest BCUT2D eigenvalue weighted by Gasteiger charge is -2.02. The van der Waals surface area contributed by atoms with Crippen LogP contribution in [0.3, 0.4) is 0 Å². The summed E-state index contributed by atoms with van der Waals surface area (Å²) in [6, 6.07) is 5.82. The Morgan fingerprint density at radius 2 is 2.16 bits per heavy atom. The maximum atomic E-state index is 11.7. The van der Waals surface area contributed by atoms with Crippen LogP contribution in [0.25, 0.3) is 11.0 Å². The van der Waals surface area contributed by atoms with E-state index in [9.17, 15) is 9.59 Å². The second kappa shape index (κ2) is 5.56. The number of carbonyl (C=O) groups excluding carboxylic acids is 2. The van der Waals surface area contributed by atoms with Crippen molar-refractivity contribution in [2.24, 2.45) is 0 Å². The summed E-state index contributed by atoms with van der Waals surface area (Å²) in [5, 5.41) is 3.41. The van der Waals surface area contributed by atoms with E-state index in [4.69, 9.17) is 4.42 Å². The Morgan fingerprint density at radius 1 is 1.37 bits per heavy atom. The molecule has 0 aliphatic rings. The number of amides is 1. The summed E-state index contributed by atoms with van der Waals surface area (Å²) in [5.41, 5.74) is 2.66. The maximum Gasteiger partial charge on any atom is 0.325 e. The molecule has 0 unspecified atom stereocenters. The Bertz CT molecular complexity index is 615. The number of benzene rings is 1. The van der Waals surface area contributed by atoms with E-state index in [1.54, 1.807) is 6.26 Å². The fourth-order valence-electron chi connectivity index (χ4n) is 1.81. The minimum absolute atomic E-state index is 0.121. The molecule has 2 rings (SSSR count).